The number of nitrogens with zero attached hydrogens (tertiary/aromatic N) is 4. The number of carbonyl (C=O) groups is 2. The largest absolute Gasteiger partial charge is 0.444 e. The van der Waals surface area contributed by atoms with E-state index in [1.807, 2.05) is 30.3 Å². The third kappa shape index (κ3) is 4.65. The molecule has 32 heavy (non-hydrogen) atoms. The molecule has 0 saturated heterocycles. The summed E-state index contributed by atoms with van der Waals surface area (Å²) in [6.45, 7) is 5.66. The van der Waals surface area contributed by atoms with Crippen molar-refractivity contribution < 1.29 is 14.3 Å². The van der Waals surface area contributed by atoms with Gasteiger partial charge in [-0.1, -0.05) is 24.3 Å². The Balaban J connectivity index is 1.72. The molecular formula is C23H22ClN5O3. The first-order valence-corrected chi connectivity index (χ1v) is 10.4. The fourth-order valence-electron chi connectivity index (χ4n) is 3.32. The molecule has 0 unspecified atom stereocenters. The molecule has 1 aliphatic heterocycles. The van der Waals surface area contributed by atoms with Crippen molar-refractivity contribution >= 4 is 46.6 Å². The van der Waals surface area contributed by atoms with E-state index in [4.69, 9.17) is 16.3 Å². The van der Waals surface area contributed by atoms with Crippen LogP contribution in [-0.2, 0) is 11.3 Å². The lowest BCUT2D eigenvalue weighted by Crippen LogP contribution is -2.45. The minimum absolute atomic E-state index is 0.0396. The first-order chi connectivity index (χ1) is 15.2. The van der Waals surface area contributed by atoms with Crippen LogP contribution in [0.5, 0.6) is 0 Å². The Morgan fingerprint density at radius 2 is 1.81 bits per heavy atom. The quantitative estimate of drug-likeness (QED) is 0.512. The third-order valence-corrected chi connectivity index (χ3v) is 4.77. The number of rotatable bonds is 3. The fraction of sp³-hybridized carbons (Fsp3) is 0.217. The lowest BCUT2D eigenvalue weighted by Gasteiger charge is -2.36. The van der Waals surface area contributed by atoms with Crippen molar-refractivity contribution in [3.63, 3.8) is 0 Å². The maximum absolute atomic E-state index is 13.6. The summed E-state index contributed by atoms with van der Waals surface area (Å²) in [6, 6.07) is 15.9. The van der Waals surface area contributed by atoms with Crippen LogP contribution in [0.2, 0.25) is 5.28 Å². The van der Waals surface area contributed by atoms with Gasteiger partial charge in [-0.25, -0.2) is 19.5 Å². The van der Waals surface area contributed by atoms with Crippen molar-refractivity contribution in [1.82, 2.24) is 9.97 Å². The summed E-state index contributed by atoms with van der Waals surface area (Å²) in [5.41, 5.74) is 1.84. The monoisotopic (exact) mass is 451 g/mol. The Hall–Kier alpha value is -3.65. The standard InChI is InChI=1S/C23H22ClN5O3/c1-23(2,3)32-21(30)26-16-8-7-11-18(12-16)29-19-15(13-25-20(24)27-19)14-28(22(29)31)17-9-5-4-6-10-17/h4-13H,14H2,1-3H3,(H,26,30). The molecule has 1 N–H and O–H groups in total. The number of ether oxygens (including phenoxy) is 1. The Morgan fingerprint density at radius 1 is 1.09 bits per heavy atom. The van der Waals surface area contributed by atoms with E-state index in [-0.39, 0.29) is 11.3 Å². The second-order valence-corrected chi connectivity index (χ2v) is 8.54. The number of anilines is 4. The topological polar surface area (TPSA) is 87.7 Å². The normalized spacial score (nSPS) is 13.6. The number of hydrogen-bond donors (Lipinski definition) is 1. The number of aromatic nitrogens is 2. The molecule has 0 fully saturated rings. The number of carbonyl (C=O) groups excluding carboxylic acids is 2. The number of fused-ring (bicyclic) bond motifs is 1. The Morgan fingerprint density at radius 3 is 2.53 bits per heavy atom. The molecule has 0 atom stereocenters. The highest BCUT2D eigenvalue weighted by molar-refractivity contribution is 6.28. The van der Waals surface area contributed by atoms with Gasteiger partial charge in [-0.15, -0.1) is 0 Å². The predicted molar refractivity (Wildman–Crippen MR) is 124 cm³/mol. The summed E-state index contributed by atoms with van der Waals surface area (Å²) in [5.74, 6) is 0.400. The van der Waals surface area contributed by atoms with Gasteiger partial charge in [0.15, 0.2) is 5.82 Å². The van der Waals surface area contributed by atoms with Crippen molar-refractivity contribution in [3.8, 4) is 0 Å². The SMILES string of the molecule is CC(C)(C)OC(=O)Nc1cccc(N2C(=O)N(c3ccccc3)Cc3cnc(Cl)nc32)c1. The first-order valence-electron chi connectivity index (χ1n) is 9.99. The molecule has 1 aromatic heterocycles. The average Bonchev–Trinajstić information content (AvgIpc) is 2.72. The van der Waals surface area contributed by atoms with Gasteiger partial charge in [0.2, 0.25) is 5.28 Å². The van der Waals surface area contributed by atoms with Crippen LogP contribution >= 0.6 is 11.6 Å². The zero-order chi connectivity index (χ0) is 22.9. The molecule has 3 aromatic rings. The second kappa shape index (κ2) is 8.47. The van der Waals surface area contributed by atoms with Crippen molar-refractivity contribution in [2.45, 2.75) is 32.9 Å². The van der Waals surface area contributed by atoms with Crippen LogP contribution in [0.3, 0.4) is 0 Å². The number of amides is 3. The first kappa shape index (κ1) is 21.6. The van der Waals surface area contributed by atoms with E-state index in [2.05, 4.69) is 15.3 Å². The van der Waals surface area contributed by atoms with Gasteiger partial charge in [-0.2, -0.15) is 4.98 Å². The van der Waals surface area contributed by atoms with Gasteiger partial charge in [0.05, 0.1) is 12.2 Å². The van der Waals surface area contributed by atoms with Gasteiger partial charge in [-0.3, -0.25) is 10.2 Å². The fourth-order valence-corrected chi connectivity index (χ4v) is 3.45. The minimum Gasteiger partial charge on any atom is -0.444 e. The maximum Gasteiger partial charge on any atom is 0.412 e. The van der Waals surface area contributed by atoms with Gasteiger partial charge in [0.25, 0.3) is 0 Å². The zero-order valence-corrected chi connectivity index (χ0v) is 18.6. The molecule has 0 saturated carbocycles. The summed E-state index contributed by atoms with van der Waals surface area (Å²) < 4.78 is 5.32. The van der Waals surface area contributed by atoms with Crippen molar-refractivity contribution in [2.75, 3.05) is 15.1 Å². The lowest BCUT2D eigenvalue weighted by atomic mass is 10.1. The summed E-state index contributed by atoms with van der Waals surface area (Å²) in [6.07, 6.45) is 1.03. The Bertz CT molecular complexity index is 1160. The van der Waals surface area contributed by atoms with Crippen molar-refractivity contribution in [3.05, 3.63) is 71.6 Å². The highest BCUT2D eigenvalue weighted by Crippen LogP contribution is 2.36. The molecule has 4 rings (SSSR count). The van der Waals surface area contributed by atoms with E-state index in [9.17, 15) is 9.59 Å². The smallest absolute Gasteiger partial charge is 0.412 e. The van der Waals surface area contributed by atoms with Crippen molar-refractivity contribution in [1.29, 1.82) is 0 Å². The summed E-state index contributed by atoms with van der Waals surface area (Å²) in [4.78, 5) is 37.2. The highest BCUT2D eigenvalue weighted by Gasteiger charge is 2.34. The zero-order valence-electron chi connectivity index (χ0n) is 17.9. The van der Waals surface area contributed by atoms with Gasteiger partial charge >= 0.3 is 12.1 Å². The van der Waals surface area contributed by atoms with E-state index < -0.39 is 11.7 Å². The third-order valence-electron chi connectivity index (χ3n) is 4.59. The summed E-state index contributed by atoms with van der Waals surface area (Å²) in [5, 5.41) is 2.74. The molecule has 1 aliphatic rings. The molecule has 0 spiro atoms. The maximum atomic E-state index is 13.6. The number of nitrogens with one attached hydrogen (secondary N) is 1. The lowest BCUT2D eigenvalue weighted by molar-refractivity contribution is 0.0636. The molecule has 0 bridgehead atoms. The van der Waals surface area contributed by atoms with Crippen LogP contribution in [0, 0.1) is 0 Å². The van der Waals surface area contributed by atoms with Crippen LogP contribution in [-0.4, -0.2) is 27.7 Å². The molecule has 8 nitrogen and oxygen atoms in total. The molecule has 2 aromatic carbocycles. The van der Waals surface area contributed by atoms with E-state index >= 15 is 0 Å². The van der Waals surface area contributed by atoms with Gasteiger partial charge in [0.1, 0.15) is 5.60 Å². The molecule has 0 radical (unpaired) electrons. The number of benzene rings is 2. The minimum atomic E-state index is -0.632. The number of urea groups is 1. The van der Waals surface area contributed by atoms with E-state index in [0.717, 1.165) is 11.3 Å². The molecule has 3 amide bonds. The number of para-hydroxylation sites is 1. The van der Waals surface area contributed by atoms with Crippen LogP contribution in [0.4, 0.5) is 32.5 Å². The average molecular weight is 452 g/mol. The Kier molecular flexibility index (Phi) is 5.71. The second-order valence-electron chi connectivity index (χ2n) is 8.20. The van der Waals surface area contributed by atoms with Gasteiger partial charge in [0, 0.05) is 23.1 Å². The van der Waals surface area contributed by atoms with Gasteiger partial charge < -0.3 is 4.74 Å². The summed E-state index contributed by atoms with van der Waals surface area (Å²) in [7, 11) is 0. The van der Waals surface area contributed by atoms with Crippen LogP contribution in [0.1, 0.15) is 26.3 Å². The molecule has 164 valence electrons. The van der Waals surface area contributed by atoms with Crippen LogP contribution in [0.25, 0.3) is 0 Å². The van der Waals surface area contributed by atoms with E-state index in [1.54, 1.807) is 56.1 Å². The van der Waals surface area contributed by atoms with E-state index in [1.165, 1.54) is 4.90 Å². The van der Waals surface area contributed by atoms with Crippen LogP contribution < -0.4 is 15.1 Å². The predicted octanol–water partition coefficient (Wildman–Crippen LogP) is 5.76. The van der Waals surface area contributed by atoms with E-state index in [0.29, 0.717) is 23.7 Å². The Labute approximate surface area is 190 Å². The van der Waals surface area contributed by atoms with Gasteiger partial charge in [-0.05, 0) is 62.7 Å². The molecular weight excluding hydrogens is 430 g/mol. The highest BCUT2D eigenvalue weighted by atomic mass is 35.5. The number of halogens is 1. The summed E-state index contributed by atoms with van der Waals surface area (Å²) >= 11 is 6.04. The molecule has 9 heteroatoms. The number of hydrogen-bond acceptors (Lipinski definition) is 5. The molecule has 2 heterocycles. The van der Waals surface area contributed by atoms with Crippen molar-refractivity contribution in [2.24, 2.45) is 0 Å². The molecule has 0 aliphatic carbocycles. The van der Waals surface area contributed by atoms with Crippen LogP contribution in [0.15, 0.2) is 60.8 Å².